The topological polar surface area (TPSA) is 430 Å². The number of unbranched alkanes of at least 4 members (excludes halogenated alkanes) is 1. The van der Waals surface area contributed by atoms with Crippen molar-refractivity contribution in [1.29, 1.82) is 0 Å². The lowest BCUT2D eigenvalue weighted by Gasteiger charge is -2.32. The third-order valence-electron chi connectivity index (χ3n) is 14.2. The van der Waals surface area contributed by atoms with Crippen LogP contribution in [0.1, 0.15) is 104 Å². The van der Waals surface area contributed by atoms with Gasteiger partial charge in [0.15, 0.2) is 0 Å². The highest BCUT2D eigenvalue weighted by molar-refractivity contribution is 7.98. The number of nitrogens with one attached hydrogen (secondary N) is 8. The predicted molar refractivity (Wildman–Crippen MR) is 297 cm³/mol. The fraction of sp³-hybridized carbons (Fsp3) is 0.635. The Balaban J connectivity index is 1.86. The SMILES string of the molecule is CCC(=O)N[C@H](C(=O)NCC(=O)N[C@H]1CS(=O)c2[nH]c3c(CSCCCCNC(=O)CCCC(C)=O)c(OC)ccc3c2C[C@@H](C(N)=O)NC(=O)[C@H]([C@@H](C)[C@@H](O)CO)NC(=O)[C@@H]2C[C@@H](O)CN2C(=O)[C@H](CC(N)=O)NC1=O)[C@@H](C)CC. The second-order valence-corrected chi connectivity index (χ2v) is 22.8. The molecule has 29 heteroatoms. The molecular formula is C52H79N11O16S2. The van der Waals surface area contributed by atoms with Gasteiger partial charge < -0.3 is 83.4 Å². The number of amides is 10. The summed E-state index contributed by atoms with van der Waals surface area (Å²) in [4.78, 5) is 151. The maximum Gasteiger partial charge on any atom is 0.246 e. The molecule has 0 bridgehead atoms. The van der Waals surface area contributed by atoms with Gasteiger partial charge in [0.05, 0.1) is 61.0 Å². The van der Waals surface area contributed by atoms with Crippen molar-refractivity contribution >= 4 is 98.3 Å². The number of aromatic nitrogens is 1. The maximum atomic E-state index is 15.2. The fourth-order valence-corrected chi connectivity index (χ4v) is 11.7. The lowest BCUT2D eigenvalue weighted by molar-refractivity contribution is -0.144. The summed E-state index contributed by atoms with van der Waals surface area (Å²) >= 11 is 1.49. The molecule has 2 aromatic rings. The van der Waals surface area contributed by atoms with Gasteiger partial charge in [-0.25, -0.2) is 0 Å². The van der Waals surface area contributed by atoms with Crippen molar-refractivity contribution < 1.29 is 77.0 Å². The lowest BCUT2D eigenvalue weighted by Crippen LogP contribution is -2.61. The maximum absolute atomic E-state index is 15.2. The quantitative estimate of drug-likeness (QED) is 0.0419. The number of nitrogens with two attached hydrogens (primary N) is 2. The third kappa shape index (κ3) is 19.2. The van der Waals surface area contributed by atoms with Crippen molar-refractivity contribution in [2.24, 2.45) is 23.3 Å². The summed E-state index contributed by atoms with van der Waals surface area (Å²) in [6, 6.07) is -6.60. The van der Waals surface area contributed by atoms with Crippen LogP contribution in [0.4, 0.5) is 0 Å². The van der Waals surface area contributed by atoms with Crippen LogP contribution in [0.5, 0.6) is 5.75 Å². The minimum absolute atomic E-state index is 0.00359. The molecule has 10 amide bonds. The molecule has 0 radical (unpaired) electrons. The molecule has 15 N–H and O–H groups in total. The number of rotatable bonds is 26. The highest BCUT2D eigenvalue weighted by atomic mass is 32.2. The van der Waals surface area contributed by atoms with Crippen molar-refractivity contribution in [2.45, 2.75) is 158 Å². The summed E-state index contributed by atoms with van der Waals surface area (Å²) < 4.78 is 20.9. The Hall–Kier alpha value is -6.69. The number of thioether (sulfide) groups is 1. The zero-order chi connectivity index (χ0) is 60.2. The van der Waals surface area contributed by atoms with Crippen LogP contribution in [0.25, 0.3) is 10.9 Å². The molecule has 1 fully saturated rings. The number of Topliss-reactive ketones (excluding diaryl/α,β-unsaturated/α-hetero) is 1. The van der Waals surface area contributed by atoms with Gasteiger partial charge in [0.25, 0.3) is 0 Å². The van der Waals surface area contributed by atoms with Crippen molar-refractivity contribution in [3.8, 4) is 5.75 Å². The fourth-order valence-electron chi connectivity index (χ4n) is 9.24. The minimum Gasteiger partial charge on any atom is -0.496 e. The molecule has 1 saturated heterocycles. The standard InChI is InChI=1S/C52H79N11O16S2/c1-7-26(3)43(60-40(69)8-2)49(75)56-21-42(71)57-35-25-81(78)51-31(30-14-15-38(79-6)32(45(30)62-51)24-80-17-10-9-16-55-41(70)13-11-12-27(4)65)19-33(46(54)72)58-50(76)44(28(5)37(67)23-64)61-48(74)36-18-29(66)22-63(36)52(77)34(20-39(53)68)59-47(35)73/h14-15,26,28-29,33-37,43-44,62,64,66-67H,7-13,16-25H2,1-6H3,(H2,53,68)(H2,54,72)(H,55,70)(H,56,75)(H,57,71)(H,58,76)(H,59,73)(H,60,69)(H,61,74)/t26-,28-,29+,33-,34-,35-,36-,37-,43-,44-,81?/m0/s1. The predicted octanol–water partition coefficient (Wildman–Crippen LogP) is -2.96. The van der Waals surface area contributed by atoms with Crippen molar-refractivity contribution in [3.05, 3.63) is 23.3 Å². The highest BCUT2D eigenvalue weighted by Crippen LogP contribution is 2.36. The number of aromatic amines is 1. The molecule has 2 aliphatic rings. The number of methoxy groups -OCH3 is 1. The Morgan fingerprint density at radius 1 is 0.926 bits per heavy atom. The Labute approximate surface area is 475 Å². The number of H-pyrrole nitrogens is 1. The van der Waals surface area contributed by atoms with Gasteiger partial charge in [-0.05, 0) is 55.6 Å². The lowest BCUT2D eigenvalue weighted by atomic mass is 9.93. The molecule has 27 nitrogen and oxygen atoms in total. The average Bonchev–Trinajstić information content (AvgIpc) is 4.26. The number of benzene rings is 1. The van der Waals surface area contributed by atoms with E-state index in [2.05, 4.69) is 42.2 Å². The number of hydrogen-bond donors (Lipinski definition) is 13. The molecule has 1 unspecified atom stereocenters. The van der Waals surface area contributed by atoms with Gasteiger partial charge in [-0.2, -0.15) is 11.8 Å². The number of nitrogens with zero attached hydrogens (tertiary/aromatic N) is 1. The first kappa shape index (κ1) is 66.8. The molecule has 0 spiro atoms. The van der Waals surface area contributed by atoms with Crippen LogP contribution in [0.15, 0.2) is 17.2 Å². The highest BCUT2D eigenvalue weighted by Gasteiger charge is 2.45. The van der Waals surface area contributed by atoms with Crippen LogP contribution in [-0.2, 0) is 75.7 Å². The molecule has 1 aromatic carbocycles. The van der Waals surface area contributed by atoms with E-state index in [1.807, 2.05) is 0 Å². The normalized spacial score (nSPS) is 22.4. The van der Waals surface area contributed by atoms with Gasteiger partial charge in [-0.15, -0.1) is 0 Å². The monoisotopic (exact) mass is 1180 g/mol. The van der Waals surface area contributed by atoms with E-state index in [0.717, 1.165) is 4.90 Å². The van der Waals surface area contributed by atoms with E-state index in [9.17, 15) is 68.1 Å². The zero-order valence-corrected chi connectivity index (χ0v) is 48.1. The van der Waals surface area contributed by atoms with Gasteiger partial charge in [-0.1, -0.05) is 34.1 Å². The summed E-state index contributed by atoms with van der Waals surface area (Å²) in [6.07, 6.45) is -1.97. The number of carbonyl (C=O) groups is 11. The summed E-state index contributed by atoms with van der Waals surface area (Å²) in [7, 11) is -1.01. The molecule has 0 aliphatic carbocycles. The summed E-state index contributed by atoms with van der Waals surface area (Å²) in [5.74, 6) is -10.2. The van der Waals surface area contributed by atoms with Gasteiger partial charge in [-0.3, -0.25) is 52.2 Å². The zero-order valence-electron chi connectivity index (χ0n) is 46.5. The molecular weight excluding hydrogens is 1100 g/mol. The van der Waals surface area contributed by atoms with Gasteiger partial charge in [0.2, 0.25) is 59.1 Å². The van der Waals surface area contributed by atoms with Crippen molar-refractivity contribution in [2.75, 3.05) is 44.9 Å². The van der Waals surface area contributed by atoms with Gasteiger partial charge >= 0.3 is 0 Å². The number of hydrogen-bond acceptors (Lipinski definition) is 17. The number of carbonyl (C=O) groups excluding carboxylic acids is 11. The number of aliphatic hydroxyl groups is 3. The van der Waals surface area contributed by atoms with Crippen molar-refractivity contribution in [3.63, 3.8) is 0 Å². The molecule has 3 heterocycles. The third-order valence-corrected chi connectivity index (χ3v) is 16.7. The Bertz CT molecular complexity index is 2650. The minimum atomic E-state index is -2.44. The molecule has 450 valence electrons. The van der Waals surface area contributed by atoms with Gasteiger partial charge in [0.1, 0.15) is 52.8 Å². The first-order chi connectivity index (χ1) is 38.3. The van der Waals surface area contributed by atoms with Crippen LogP contribution in [0.2, 0.25) is 0 Å². The van der Waals surface area contributed by atoms with E-state index in [1.54, 1.807) is 32.9 Å². The van der Waals surface area contributed by atoms with Crippen LogP contribution in [0.3, 0.4) is 0 Å². The molecule has 4 rings (SSSR count). The Kier molecular flexibility index (Phi) is 26.5. The van der Waals surface area contributed by atoms with E-state index in [1.165, 1.54) is 32.7 Å². The average molecular weight is 1180 g/mol. The van der Waals surface area contributed by atoms with Crippen LogP contribution in [-0.4, -0.2) is 188 Å². The molecule has 1 aromatic heterocycles. The molecule has 0 saturated carbocycles. The van der Waals surface area contributed by atoms with Crippen LogP contribution in [0, 0.1) is 11.8 Å². The Morgan fingerprint density at radius 3 is 2.27 bits per heavy atom. The molecule has 11 atom stereocenters. The first-order valence-corrected chi connectivity index (χ1v) is 29.4. The summed E-state index contributed by atoms with van der Waals surface area (Å²) in [5.41, 5.74) is 12.6. The van der Waals surface area contributed by atoms with E-state index >= 15 is 4.21 Å². The first-order valence-electron chi connectivity index (χ1n) is 26.9. The van der Waals surface area contributed by atoms with Crippen molar-refractivity contribution in [1.82, 2.24) is 47.1 Å². The summed E-state index contributed by atoms with van der Waals surface area (Å²) in [5, 5.41) is 49.5. The number of ether oxygens (including phenoxy) is 1. The second kappa shape index (κ2) is 32.1. The second-order valence-electron chi connectivity index (χ2n) is 20.3. The van der Waals surface area contributed by atoms with E-state index in [-0.39, 0.29) is 46.8 Å². The number of primary amides is 2. The molecule has 2 aliphatic heterocycles. The number of fused-ring (bicyclic) bond motifs is 4. The smallest absolute Gasteiger partial charge is 0.246 e. The Morgan fingerprint density at radius 2 is 1.64 bits per heavy atom. The van der Waals surface area contributed by atoms with Crippen LogP contribution >= 0.6 is 11.8 Å². The van der Waals surface area contributed by atoms with E-state index < -0.39 is 163 Å². The largest absolute Gasteiger partial charge is 0.496 e. The van der Waals surface area contributed by atoms with Gasteiger partial charge in [0, 0.05) is 67.8 Å². The number of ketones is 1. The van der Waals surface area contributed by atoms with E-state index in [4.69, 9.17) is 16.2 Å². The van der Waals surface area contributed by atoms with E-state index in [0.29, 0.717) is 66.6 Å². The summed E-state index contributed by atoms with van der Waals surface area (Å²) in [6.45, 7) is 6.11. The van der Waals surface area contributed by atoms with Crippen LogP contribution < -0.4 is 53.4 Å². The molecule has 81 heavy (non-hydrogen) atoms. The number of aliphatic hydroxyl groups excluding tert-OH is 3.